The Morgan fingerprint density at radius 3 is 2.25 bits per heavy atom. The van der Waals surface area contributed by atoms with E-state index in [1.54, 1.807) is 6.92 Å². The fraction of sp³-hybridized carbons (Fsp3) is 0.846. The summed E-state index contributed by atoms with van der Waals surface area (Å²) in [5.74, 6) is 0.190. The number of hydrogen-bond acceptors (Lipinski definition) is 2. The van der Waals surface area contributed by atoms with Gasteiger partial charge in [-0.05, 0) is 31.1 Å². The Morgan fingerprint density at radius 2 is 1.88 bits per heavy atom. The summed E-state index contributed by atoms with van der Waals surface area (Å²) in [6.07, 6.45) is 2.13. The highest BCUT2D eigenvalue weighted by atomic mass is 16.2. The van der Waals surface area contributed by atoms with Gasteiger partial charge in [0, 0.05) is 13.1 Å². The molecule has 1 atom stereocenters. The van der Waals surface area contributed by atoms with Gasteiger partial charge in [-0.25, -0.2) is 0 Å². The zero-order valence-electron chi connectivity index (χ0n) is 10.8. The van der Waals surface area contributed by atoms with Crippen LogP contribution in [-0.4, -0.2) is 23.9 Å². The molecule has 1 unspecified atom stereocenters. The van der Waals surface area contributed by atoms with Gasteiger partial charge < -0.3 is 4.90 Å². The van der Waals surface area contributed by atoms with E-state index >= 15 is 0 Å². The minimum Gasteiger partial charge on any atom is -0.342 e. The molecule has 0 N–H and O–H groups in total. The predicted octanol–water partition coefficient (Wildman–Crippen LogP) is 2.43. The standard InChI is InChI=1S/C13H22N2O/c1-10(9-14)12(16)15-7-5-11(6-8-15)13(2,3)4/h10-11H,5-8H2,1-4H3. The smallest absolute Gasteiger partial charge is 0.239 e. The third-order valence-corrected chi connectivity index (χ3v) is 3.60. The van der Waals surface area contributed by atoms with Crippen LogP contribution in [0.15, 0.2) is 0 Å². The quantitative estimate of drug-likeness (QED) is 0.684. The summed E-state index contributed by atoms with van der Waals surface area (Å²) in [6, 6.07) is 2.01. The van der Waals surface area contributed by atoms with E-state index < -0.39 is 5.92 Å². The van der Waals surface area contributed by atoms with Gasteiger partial charge in [0.05, 0.1) is 6.07 Å². The Labute approximate surface area is 98.4 Å². The molecule has 3 heteroatoms. The number of nitriles is 1. The summed E-state index contributed by atoms with van der Waals surface area (Å²) in [4.78, 5) is 13.6. The number of carbonyl (C=O) groups is 1. The van der Waals surface area contributed by atoms with Gasteiger partial charge in [-0.1, -0.05) is 20.8 Å². The highest BCUT2D eigenvalue weighted by Crippen LogP contribution is 2.34. The molecule has 0 aliphatic carbocycles. The molecule has 3 nitrogen and oxygen atoms in total. The molecule has 1 rings (SSSR count). The molecule has 90 valence electrons. The first kappa shape index (κ1) is 13.0. The van der Waals surface area contributed by atoms with Crippen molar-refractivity contribution < 1.29 is 4.79 Å². The van der Waals surface area contributed by atoms with Gasteiger partial charge in [0.15, 0.2) is 0 Å². The van der Waals surface area contributed by atoms with Crippen LogP contribution in [0.25, 0.3) is 0 Å². The number of likely N-dealkylation sites (tertiary alicyclic amines) is 1. The second-order valence-corrected chi connectivity index (χ2v) is 5.82. The van der Waals surface area contributed by atoms with Crippen molar-refractivity contribution in [3.8, 4) is 6.07 Å². The lowest BCUT2D eigenvalue weighted by Gasteiger charge is -2.39. The van der Waals surface area contributed by atoms with Crippen LogP contribution in [0.4, 0.5) is 0 Å². The van der Waals surface area contributed by atoms with Gasteiger partial charge in [0.1, 0.15) is 5.92 Å². The molecule has 1 aliphatic heterocycles. The lowest BCUT2D eigenvalue weighted by atomic mass is 9.75. The first-order valence-corrected chi connectivity index (χ1v) is 6.04. The summed E-state index contributed by atoms with van der Waals surface area (Å²) >= 11 is 0. The van der Waals surface area contributed by atoms with E-state index in [0.717, 1.165) is 25.9 Å². The molecule has 0 aromatic carbocycles. The Hall–Kier alpha value is -1.04. The number of hydrogen-bond donors (Lipinski definition) is 0. The normalized spacial score (nSPS) is 20.3. The van der Waals surface area contributed by atoms with Crippen LogP contribution in [0.5, 0.6) is 0 Å². The number of rotatable bonds is 1. The predicted molar refractivity (Wildman–Crippen MR) is 63.5 cm³/mol. The van der Waals surface area contributed by atoms with E-state index in [0.29, 0.717) is 11.3 Å². The minimum absolute atomic E-state index is 0.00476. The zero-order valence-corrected chi connectivity index (χ0v) is 10.8. The molecule has 16 heavy (non-hydrogen) atoms. The molecular formula is C13H22N2O. The first-order chi connectivity index (χ1) is 7.36. The Kier molecular flexibility index (Phi) is 3.96. The van der Waals surface area contributed by atoms with Crippen LogP contribution in [0.2, 0.25) is 0 Å². The highest BCUT2D eigenvalue weighted by Gasteiger charge is 2.31. The molecule has 0 radical (unpaired) electrons. The molecular weight excluding hydrogens is 200 g/mol. The van der Waals surface area contributed by atoms with Crippen LogP contribution in [0, 0.1) is 28.6 Å². The van der Waals surface area contributed by atoms with Crippen molar-refractivity contribution in [1.82, 2.24) is 4.90 Å². The fourth-order valence-corrected chi connectivity index (χ4v) is 2.29. The van der Waals surface area contributed by atoms with E-state index in [-0.39, 0.29) is 5.91 Å². The summed E-state index contributed by atoms with van der Waals surface area (Å²) in [5.41, 5.74) is 0.329. The second-order valence-electron chi connectivity index (χ2n) is 5.82. The average molecular weight is 222 g/mol. The van der Waals surface area contributed by atoms with Gasteiger partial charge in [-0.3, -0.25) is 4.79 Å². The number of carbonyl (C=O) groups excluding carboxylic acids is 1. The maximum Gasteiger partial charge on any atom is 0.239 e. The van der Waals surface area contributed by atoms with Crippen LogP contribution in [0.3, 0.4) is 0 Å². The number of nitrogens with zero attached hydrogens (tertiary/aromatic N) is 2. The molecule has 1 saturated heterocycles. The lowest BCUT2D eigenvalue weighted by Crippen LogP contribution is -2.43. The van der Waals surface area contributed by atoms with Crippen molar-refractivity contribution in [2.75, 3.05) is 13.1 Å². The van der Waals surface area contributed by atoms with Crippen LogP contribution < -0.4 is 0 Å². The monoisotopic (exact) mass is 222 g/mol. The Morgan fingerprint density at radius 1 is 1.38 bits per heavy atom. The van der Waals surface area contributed by atoms with E-state index in [9.17, 15) is 4.79 Å². The highest BCUT2D eigenvalue weighted by molar-refractivity contribution is 5.80. The average Bonchev–Trinajstić information content (AvgIpc) is 2.26. The maximum atomic E-state index is 11.8. The molecule has 0 aromatic heterocycles. The molecule has 0 spiro atoms. The Bertz CT molecular complexity index is 290. The van der Waals surface area contributed by atoms with Gasteiger partial charge in [-0.15, -0.1) is 0 Å². The van der Waals surface area contributed by atoms with Gasteiger partial charge in [-0.2, -0.15) is 5.26 Å². The summed E-state index contributed by atoms with van der Waals surface area (Å²) in [7, 11) is 0. The van der Waals surface area contributed by atoms with E-state index in [4.69, 9.17) is 5.26 Å². The van der Waals surface area contributed by atoms with Crippen molar-refractivity contribution in [2.24, 2.45) is 17.3 Å². The molecule has 0 bridgehead atoms. The Balaban J connectivity index is 2.50. The third kappa shape index (κ3) is 2.98. The van der Waals surface area contributed by atoms with Crippen molar-refractivity contribution in [3.05, 3.63) is 0 Å². The maximum absolute atomic E-state index is 11.8. The van der Waals surface area contributed by atoms with Crippen molar-refractivity contribution >= 4 is 5.91 Å². The zero-order chi connectivity index (χ0) is 12.3. The minimum atomic E-state index is -0.494. The van der Waals surface area contributed by atoms with E-state index in [1.165, 1.54) is 0 Å². The van der Waals surface area contributed by atoms with Gasteiger partial charge >= 0.3 is 0 Å². The molecule has 0 saturated carbocycles. The van der Waals surface area contributed by atoms with Crippen LogP contribution >= 0.6 is 0 Å². The van der Waals surface area contributed by atoms with E-state index in [1.807, 2.05) is 11.0 Å². The molecule has 1 fully saturated rings. The number of amides is 1. The van der Waals surface area contributed by atoms with Gasteiger partial charge in [0.2, 0.25) is 5.91 Å². The van der Waals surface area contributed by atoms with Gasteiger partial charge in [0.25, 0.3) is 0 Å². The SMILES string of the molecule is CC(C#N)C(=O)N1CCC(C(C)(C)C)CC1. The second kappa shape index (κ2) is 4.86. The van der Waals surface area contributed by atoms with Crippen molar-refractivity contribution in [2.45, 2.75) is 40.5 Å². The largest absolute Gasteiger partial charge is 0.342 e. The van der Waals surface area contributed by atoms with E-state index in [2.05, 4.69) is 20.8 Å². The molecule has 0 aromatic rings. The molecule has 1 aliphatic rings. The molecule has 1 amide bonds. The summed E-state index contributed by atoms with van der Waals surface area (Å²) < 4.78 is 0. The first-order valence-electron chi connectivity index (χ1n) is 6.04. The summed E-state index contributed by atoms with van der Waals surface area (Å²) in [5, 5.41) is 8.72. The molecule has 1 heterocycles. The topological polar surface area (TPSA) is 44.1 Å². The van der Waals surface area contributed by atoms with Crippen LogP contribution in [-0.2, 0) is 4.79 Å². The van der Waals surface area contributed by atoms with Crippen molar-refractivity contribution in [1.29, 1.82) is 5.26 Å². The fourth-order valence-electron chi connectivity index (χ4n) is 2.29. The summed E-state index contributed by atoms with van der Waals surface area (Å²) in [6.45, 7) is 10.1. The third-order valence-electron chi connectivity index (χ3n) is 3.60. The van der Waals surface area contributed by atoms with Crippen molar-refractivity contribution in [3.63, 3.8) is 0 Å². The lowest BCUT2D eigenvalue weighted by molar-refractivity contribution is -0.135. The van der Waals surface area contributed by atoms with Crippen LogP contribution in [0.1, 0.15) is 40.5 Å². The number of piperidine rings is 1.